The molecule has 0 aliphatic heterocycles. The maximum Gasteiger partial charge on any atom is 0.343 e. The fourth-order valence-electron chi connectivity index (χ4n) is 2.90. The highest BCUT2D eigenvalue weighted by Gasteiger charge is 2.13. The van der Waals surface area contributed by atoms with Crippen LogP contribution in [-0.4, -0.2) is 28.6 Å². The number of ether oxygens (including phenoxy) is 1. The van der Waals surface area contributed by atoms with Crippen molar-refractivity contribution in [2.75, 3.05) is 5.32 Å². The molecule has 0 aromatic heterocycles. The molecule has 0 heterocycles. The number of anilines is 1. The van der Waals surface area contributed by atoms with E-state index >= 15 is 0 Å². The zero-order chi connectivity index (χ0) is 26.1. The predicted octanol–water partition coefficient (Wildman–Crippen LogP) is 3.25. The van der Waals surface area contributed by atoms with Gasteiger partial charge in [0.1, 0.15) is 5.75 Å². The van der Waals surface area contributed by atoms with Crippen molar-refractivity contribution in [1.29, 1.82) is 0 Å². The third-order valence-electron chi connectivity index (χ3n) is 4.62. The molecular formula is C25H20N4O7. The number of nitro groups is 1. The zero-order valence-electron chi connectivity index (χ0n) is 18.9. The number of nitro benzene ring substituents is 1. The van der Waals surface area contributed by atoms with E-state index < -0.39 is 22.7 Å². The number of hydrazine groups is 1. The first-order chi connectivity index (χ1) is 17.2. The minimum absolute atomic E-state index is 0.116. The van der Waals surface area contributed by atoms with Gasteiger partial charge in [0.2, 0.25) is 5.91 Å². The Labute approximate surface area is 204 Å². The van der Waals surface area contributed by atoms with Gasteiger partial charge in [0.15, 0.2) is 0 Å². The predicted molar refractivity (Wildman–Crippen MR) is 130 cm³/mol. The largest absolute Gasteiger partial charge is 0.422 e. The number of amides is 3. The molecule has 3 aromatic carbocycles. The topological polar surface area (TPSA) is 157 Å². The Hall–Kier alpha value is -5.32. The molecule has 0 fully saturated rings. The second kappa shape index (κ2) is 11.7. The fourth-order valence-corrected chi connectivity index (χ4v) is 2.90. The summed E-state index contributed by atoms with van der Waals surface area (Å²) in [6.45, 7) is 1.37. The number of rotatable bonds is 7. The van der Waals surface area contributed by atoms with Crippen LogP contribution in [0.1, 0.15) is 33.2 Å². The van der Waals surface area contributed by atoms with Crippen LogP contribution in [0.25, 0.3) is 6.08 Å². The van der Waals surface area contributed by atoms with Crippen molar-refractivity contribution in [3.05, 3.63) is 106 Å². The van der Waals surface area contributed by atoms with Crippen LogP contribution in [0.4, 0.5) is 11.4 Å². The average molecular weight is 488 g/mol. The lowest BCUT2D eigenvalue weighted by Crippen LogP contribution is -2.40. The molecule has 0 radical (unpaired) electrons. The van der Waals surface area contributed by atoms with E-state index in [2.05, 4.69) is 16.2 Å². The number of nitrogens with one attached hydrogen (secondary N) is 3. The number of hydrogen-bond acceptors (Lipinski definition) is 7. The second-order valence-electron chi connectivity index (χ2n) is 7.27. The van der Waals surface area contributed by atoms with Crippen LogP contribution in [-0.2, 0) is 9.59 Å². The minimum atomic E-state index is -0.730. The van der Waals surface area contributed by atoms with Gasteiger partial charge in [-0.05, 0) is 48.5 Å². The van der Waals surface area contributed by atoms with Gasteiger partial charge in [0.25, 0.3) is 17.5 Å². The number of non-ortho nitro benzene ring substituents is 1. The standard InChI is InChI=1S/C25H20N4O7/c1-16(30)26-20-11-6-18(7-12-20)24(32)28-27-23(31)15-10-17-4-2-3-5-22(17)36-25(33)19-8-13-21(14-9-19)29(34)35/h2-15H,1H3,(H,26,30)(H,27,31)(H,28,32)/b15-10+. The van der Waals surface area contributed by atoms with E-state index in [1.54, 1.807) is 30.3 Å². The Bertz CT molecular complexity index is 1330. The average Bonchev–Trinajstić information content (AvgIpc) is 2.86. The number of nitrogens with zero attached hydrogens (tertiary/aromatic N) is 1. The molecule has 182 valence electrons. The maximum absolute atomic E-state index is 12.4. The third kappa shape index (κ3) is 7.09. The molecule has 3 N–H and O–H groups in total. The molecule has 0 bridgehead atoms. The normalized spacial score (nSPS) is 10.4. The van der Waals surface area contributed by atoms with E-state index in [1.807, 2.05) is 0 Å². The number of hydrogen-bond donors (Lipinski definition) is 3. The molecule has 0 aliphatic rings. The van der Waals surface area contributed by atoms with Crippen LogP contribution in [0, 0.1) is 10.1 Å². The monoisotopic (exact) mass is 488 g/mol. The van der Waals surface area contributed by atoms with E-state index in [4.69, 9.17) is 4.74 Å². The summed E-state index contributed by atoms with van der Waals surface area (Å²) in [6.07, 6.45) is 2.53. The maximum atomic E-state index is 12.4. The van der Waals surface area contributed by atoms with Crippen molar-refractivity contribution >= 4 is 41.1 Å². The van der Waals surface area contributed by atoms with E-state index in [1.165, 1.54) is 55.5 Å². The minimum Gasteiger partial charge on any atom is -0.422 e. The Morgan fingerprint density at radius 2 is 1.50 bits per heavy atom. The summed E-state index contributed by atoms with van der Waals surface area (Å²) in [4.78, 5) is 58.0. The van der Waals surface area contributed by atoms with Gasteiger partial charge < -0.3 is 10.1 Å². The lowest BCUT2D eigenvalue weighted by atomic mass is 10.1. The van der Waals surface area contributed by atoms with Gasteiger partial charge in [-0.25, -0.2) is 4.79 Å². The molecule has 0 spiro atoms. The number of benzene rings is 3. The molecule has 11 nitrogen and oxygen atoms in total. The van der Waals surface area contributed by atoms with Gasteiger partial charge in [-0.1, -0.05) is 18.2 Å². The Morgan fingerprint density at radius 3 is 2.14 bits per heavy atom. The first-order valence-electron chi connectivity index (χ1n) is 10.4. The Balaban J connectivity index is 1.58. The highest BCUT2D eigenvalue weighted by Crippen LogP contribution is 2.21. The molecule has 3 aromatic rings. The molecule has 0 aliphatic carbocycles. The molecule has 0 atom stereocenters. The van der Waals surface area contributed by atoms with Crippen LogP contribution < -0.4 is 20.9 Å². The van der Waals surface area contributed by atoms with E-state index in [9.17, 15) is 29.3 Å². The molecular weight excluding hydrogens is 468 g/mol. The number of para-hydroxylation sites is 1. The zero-order valence-corrected chi connectivity index (χ0v) is 18.9. The number of carbonyl (C=O) groups excluding carboxylic acids is 4. The van der Waals surface area contributed by atoms with Crippen molar-refractivity contribution in [3.8, 4) is 5.75 Å². The molecule has 0 unspecified atom stereocenters. The van der Waals surface area contributed by atoms with E-state index in [0.717, 1.165) is 6.08 Å². The summed E-state index contributed by atoms with van der Waals surface area (Å²) in [5.41, 5.74) is 5.66. The molecule has 36 heavy (non-hydrogen) atoms. The van der Waals surface area contributed by atoms with Gasteiger partial charge in [-0.2, -0.15) is 0 Å². The summed E-state index contributed by atoms with van der Waals surface area (Å²) in [5.74, 6) is -2.02. The molecule has 3 amide bonds. The molecule has 3 rings (SSSR count). The van der Waals surface area contributed by atoms with Crippen LogP contribution in [0.5, 0.6) is 5.75 Å². The summed E-state index contributed by atoms with van der Waals surface area (Å²) in [7, 11) is 0. The van der Waals surface area contributed by atoms with Crippen molar-refractivity contribution < 1.29 is 28.8 Å². The summed E-state index contributed by atoms with van der Waals surface area (Å²) < 4.78 is 5.37. The van der Waals surface area contributed by atoms with Crippen LogP contribution >= 0.6 is 0 Å². The smallest absolute Gasteiger partial charge is 0.343 e. The van der Waals surface area contributed by atoms with Crippen molar-refractivity contribution in [2.45, 2.75) is 6.92 Å². The van der Waals surface area contributed by atoms with Crippen molar-refractivity contribution in [1.82, 2.24) is 10.9 Å². The van der Waals surface area contributed by atoms with Crippen LogP contribution in [0.3, 0.4) is 0 Å². The van der Waals surface area contributed by atoms with Gasteiger partial charge in [-0.3, -0.25) is 35.3 Å². The van der Waals surface area contributed by atoms with E-state index in [0.29, 0.717) is 11.3 Å². The quantitative estimate of drug-likeness (QED) is 0.151. The van der Waals surface area contributed by atoms with Gasteiger partial charge in [0, 0.05) is 41.9 Å². The van der Waals surface area contributed by atoms with E-state index in [-0.39, 0.29) is 28.5 Å². The first-order valence-corrected chi connectivity index (χ1v) is 10.4. The van der Waals surface area contributed by atoms with Gasteiger partial charge >= 0.3 is 5.97 Å². The summed E-state index contributed by atoms with van der Waals surface area (Å²) >= 11 is 0. The second-order valence-corrected chi connectivity index (χ2v) is 7.27. The number of esters is 1. The Kier molecular flexibility index (Phi) is 8.22. The van der Waals surface area contributed by atoms with Crippen LogP contribution in [0.2, 0.25) is 0 Å². The molecule has 0 saturated carbocycles. The summed E-state index contributed by atoms with van der Waals surface area (Å²) in [5, 5.41) is 13.3. The fraction of sp³-hybridized carbons (Fsp3) is 0.0400. The SMILES string of the molecule is CC(=O)Nc1ccc(C(=O)NNC(=O)/C=C/c2ccccc2OC(=O)c2ccc([N+](=O)[O-])cc2)cc1. The highest BCUT2D eigenvalue weighted by molar-refractivity contribution is 5.99. The molecule has 11 heteroatoms. The Morgan fingerprint density at radius 1 is 0.861 bits per heavy atom. The lowest BCUT2D eigenvalue weighted by molar-refractivity contribution is -0.384. The number of carbonyl (C=O) groups is 4. The highest BCUT2D eigenvalue weighted by atomic mass is 16.6. The van der Waals surface area contributed by atoms with Gasteiger partial charge in [0.05, 0.1) is 10.5 Å². The lowest BCUT2D eigenvalue weighted by Gasteiger charge is -2.08. The first kappa shape index (κ1) is 25.3. The molecule has 0 saturated heterocycles. The van der Waals surface area contributed by atoms with Crippen LogP contribution in [0.15, 0.2) is 78.9 Å². The van der Waals surface area contributed by atoms with Gasteiger partial charge in [-0.15, -0.1) is 0 Å². The summed E-state index contributed by atoms with van der Waals surface area (Å²) in [6, 6.07) is 17.4. The van der Waals surface area contributed by atoms with Crippen molar-refractivity contribution in [2.24, 2.45) is 0 Å². The van der Waals surface area contributed by atoms with Crippen molar-refractivity contribution in [3.63, 3.8) is 0 Å². The third-order valence-corrected chi connectivity index (χ3v) is 4.62.